The van der Waals surface area contributed by atoms with Crippen molar-refractivity contribution in [2.24, 2.45) is 0 Å². The molecule has 4 rings (SSSR count). The monoisotopic (exact) mass is 389 g/mol. The number of thiophene rings is 1. The molecule has 1 aliphatic heterocycles. The minimum atomic E-state index is -0.597. The number of carbonyl (C=O) groups is 1. The molecule has 0 radical (unpaired) electrons. The summed E-state index contributed by atoms with van der Waals surface area (Å²) in [6.45, 7) is 0.460. The Morgan fingerprint density at radius 1 is 1.23 bits per heavy atom. The Morgan fingerprint density at radius 2 is 2.08 bits per heavy atom. The molecule has 3 heterocycles. The van der Waals surface area contributed by atoms with Crippen molar-refractivity contribution < 1.29 is 14.3 Å². The summed E-state index contributed by atoms with van der Waals surface area (Å²) in [5, 5.41) is 2.74. The van der Waals surface area contributed by atoms with E-state index >= 15 is 0 Å². The van der Waals surface area contributed by atoms with Crippen LogP contribution in [0.2, 0.25) is 4.34 Å². The number of benzene rings is 1. The van der Waals surface area contributed by atoms with Crippen LogP contribution in [0.5, 0.6) is 11.5 Å². The number of halogens is 1. The molecular formula is C17H12ClN3O4S. The lowest BCUT2D eigenvalue weighted by molar-refractivity contribution is 0.0945. The number of carbonyl (C=O) groups excluding carboxylic acids is 1. The number of hydrogen-bond donors (Lipinski definition) is 2. The highest BCUT2D eigenvalue weighted by Gasteiger charge is 2.15. The van der Waals surface area contributed by atoms with E-state index in [1.54, 1.807) is 24.3 Å². The first kappa shape index (κ1) is 16.6. The normalized spacial score (nSPS) is 12.2. The second-order valence-electron chi connectivity index (χ2n) is 5.46. The minimum Gasteiger partial charge on any atom is -0.454 e. The van der Waals surface area contributed by atoms with Crippen molar-refractivity contribution in [3.8, 4) is 22.1 Å². The Morgan fingerprint density at radius 3 is 2.88 bits per heavy atom. The maximum Gasteiger partial charge on any atom is 0.346 e. The van der Waals surface area contributed by atoms with E-state index in [-0.39, 0.29) is 19.0 Å². The van der Waals surface area contributed by atoms with Crippen molar-refractivity contribution in [3.05, 3.63) is 62.5 Å². The van der Waals surface area contributed by atoms with Gasteiger partial charge in [-0.25, -0.2) is 4.79 Å². The van der Waals surface area contributed by atoms with Gasteiger partial charge in [-0.1, -0.05) is 17.7 Å². The van der Waals surface area contributed by atoms with Gasteiger partial charge in [0.15, 0.2) is 11.5 Å². The van der Waals surface area contributed by atoms with Crippen molar-refractivity contribution in [3.63, 3.8) is 0 Å². The van der Waals surface area contributed by atoms with Gasteiger partial charge < -0.3 is 19.8 Å². The highest BCUT2D eigenvalue weighted by atomic mass is 35.5. The Bertz CT molecular complexity index is 1050. The van der Waals surface area contributed by atoms with Gasteiger partial charge >= 0.3 is 5.69 Å². The molecule has 3 aromatic rings. The van der Waals surface area contributed by atoms with Gasteiger partial charge in [0.1, 0.15) is 5.69 Å². The molecule has 9 heteroatoms. The smallest absolute Gasteiger partial charge is 0.346 e. The van der Waals surface area contributed by atoms with E-state index in [0.29, 0.717) is 21.5 Å². The highest BCUT2D eigenvalue weighted by Crippen LogP contribution is 2.32. The van der Waals surface area contributed by atoms with Gasteiger partial charge in [-0.05, 0) is 35.9 Å². The fourth-order valence-electron chi connectivity index (χ4n) is 2.49. The van der Waals surface area contributed by atoms with Crippen LogP contribution < -0.4 is 20.5 Å². The van der Waals surface area contributed by atoms with E-state index in [1.807, 2.05) is 6.07 Å². The first-order chi connectivity index (χ1) is 12.6. The second kappa shape index (κ2) is 6.81. The van der Waals surface area contributed by atoms with Gasteiger partial charge in [0, 0.05) is 6.54 Å². The summed E-state index contributed by atoms with van der Waals surface area (Å²) in [6, 6.07) is 10.4. The summed E-state index contributed by atoms with van der Waals surface area (Å²) in [5.74, 6) is 0.871. The Hall–Kier alpha value is -2.84. The standard InChI is InChI=1S/C17H12ClN3O4S/c18-15-4-3-14(26-15)10-6-11(21-17(23)20-10)16(22)19-7-9-1-2-12-13(5-9)25-8-24-12/h1-6H,7-8H2,(H,19,22)(H,20,21,23). The van der Waals surface area contributed by atoms with Crippen molar-refractivity contribution in [2.75, 3.05) is 6.79 Å². The maximum atomic E-state index is 12.4. The van der Waals surface area contributed by atoms with Gasteiger partial charge in [0.25, 0.3) is 5.91 Å². The molecule has 7 nitrogen and oxygen atoms in total. The molecule has 0 bridgehead atoms. The Labute approximate surface area is 156 Å². The summed E-state index contributed by atoms with van der Waals surface area (Å²) in [6.07, 6.45) is 0. The number of aromatic nitrogens is 2. The first-order valence-electron chi connectivity index (χ1n) is 7.62. The van der Waals surface area contributed by atoms with E-state index in [4.69, 9.17) is 21.1 Å². The van der Waals surface area contributed by atoms with E-state index < -0.39 is 11.6 Å². The van der Waals surface area contributed by atoms with Crippen molar-refractivity contribution in [2.45, 2.75) is 6.54 Å². The molecule has 0 atom stereocenters. The Kier molecular flexibility index (Phi) is 4.36. The summed E-state index contributed by atoms with van der Waals surface area (Å²) in [5.41, 5.74) is 0.780. The summed E-state index contributed by atoms with van der Waals surface area (Å²) in [7, 11) is 0. The van der Waals surface area contributed by atoms with E-state index in [9.17, 15) is 9.59 Å². The van der Waals surface area contributed by atoms with Crippen LogP contribution in [0.25, 0.3) is 10.6 Å². The van der Waals surface area contributed by atoms with Crippen molar-refractivity contribution >= 4 is 28.8 Å². The SMILES string of the molecule is O=C(NCc1ccc2c(c1)OCO2)c1cc(-c2ccc(Cl)s2)[nH]c(=O)n1. The van der Waals surface area contributed by atoms with Gasteiger partial charge in [-0.15, -0.1) is 11.3 Å². The van der Waals surface area contributed by atoms with Gasteiger partial charge in [0.05, 0.1) is 14.9 Å². The molecule has 132 valence electrons. The summed E-state index contributed by atoms with van der Waals surface area (Å²) < 4.78 is 11.2. The molecule has 0 unspecified atom stereocenters. The fraction of sp³-hybridized carbons (Fsp3) is 0.118. The first-order valence-corrected chi connectivity index (χ1v) is 8.82. The number of nitrogens with one attached hydrogen (secondary N) is 2. The largest absolute Gasteiger partial charge is 0.454 e. The van der Waals surface area contributed by atoms with Crippen LogP contribution >= 0.6 is 22.9 Å². The van der Waals surface area contributed by atoms with Crippen LogP contribution in [0.3, 0.4) is 0 Å². The molecule has 2 aromatic heterocycles. The lowest BCUT2D eigenvalue weighted by Crippen LogP contribution is -2.27. The van der Waals surface area contributed by atoms with Crippen LogP contribution in [0.1, 0.15) is 16.1 Å². The molecule has 0 aliphatic carbocycles. The van der Waals surface area contributed by atoms with E-state index in [1.165, 1.54) is 17.4 Å². The van der Waals surface area contributed by atoms with E-state index in [2.05, 4.69) is 15.3 Å². The molecule has 0 saturated heterocycles. The molecule has 1 amide bonds. The third kappa shape index (κ3) is 3.42. The van der Waals surface area contributed by atoms with E-state index in [0.717, 1.165) is 10.4 Å². The van der Waals surface area contributed by atoms with Gasteiger partial charge in [0.2, 0.25) is 6.79 Å². The summed E-state index contributed by atoms with van der Waals surface area (Å²) >= 11 is 7.22. The predicted octanol–water partition coefficient (Wildman–Crippen LogP) is 2.81. The molecule has 2 N–H and O–H groups in total. The average Bonchev–Trinajstić information content (AvgIpc) is 3.27. The zero-order valence-electron chi connectivity index (χ0n) is 13.2. The molecule has 1 aromatic carbocycles. The summed E-state index contributed by atoms with van der Waals surface area (Å²) in [4.78, 5) is 31.3. The Balaban J connectivity index is 1.51. The van der Waals surface area contributed by atoms with Crippen LogP contribution in [-0.4, -0.2) is 22.7 Å². The maximum absolute atomic E-state index is 12.4. The molecule has 1 aliphatic rings. The molecule has 0 fully saturated rings. The quantitative estimate of drug-likeness (QED) is 0.715. The van der Waals surface area contributed by atoms with Gasteiger partial charge in [-0.2, -0.15) is 4.98 Å². The number of ether oxygens (including phenoxy) is 2. The predicted molar refractivity (Wildman–Crippen MR) is 96.9 cm³/mol. The molecule has 26 heavy (non-hydrogen) atoms. The van der Waals surface area contributed by atoms with Crippen molar-refractivity contribution in [1.29, 1.82) is 0 Å². The third-order valence-corrected chi connectivity index (χ3v) is 4.97. The number of nitrogens with zero attached hydrogens (tertiary/aromatic N) is 1. The van der Waals surface area contributed by atoms with Crippen molar-refractivity contribution in [1.82, 2.24) is 15.3 Å². The third-order valence-electron chi connectivity index (χ3n) is 3.71. The lowest BCUT2D eigenvalue weighted by Gasteiger charge is -2.06. The lowest BCUT2D eigenvalue weighted by atomic mass is 10.2. The van der Waals surface area contributed by atoms with Crippen LogP contribution in [0.4, 0.5) is 0 Å². The fourth-order valence-corrected chi connectivity index (χ4v) is 3.50. The number of aromatic amines is 1. The second-order valence-corrected chi connectivity index (χ2v) is 7.17. The van der Waals surface area contributed by atoms with Crippen LogP contribution in [0, 0.1) is 0 Å². The van der Waals surface area contributed by atoms with Gasteiger partial charge in [-0.3, -0.25) is 4.79 Å². The zero-order chi connectivity index (χ0) is 18.1. The number of fused-ring (bicyclic) bond motifs is 1. The number of rotatable bonds is 4. The average molecular weight is 390 g/mol. The van der Waals surface area contributed by atoms with Crippen LogP contribution in [0.15, 0.2) is 41.2 Å². The molecular weight excluding hydrogens is 378 g/mol. The number of H-pyrrole nitrogens is 1. The zero-order valence-corrected chi connectivity index (χ0v) is 14.8. The number of hydrogen-bond acceptors (Lipinski definition) is 6. The topological polar surface area (TPSA) is 93.3 Å². The number of amides is 1. The molecule has 0 saturated carbocycles. The minimum absolute atomic E-state index is 0.0361. The highest BCUT2D eigenvalue weighted by molar-refractivity contribution is 7.19. The van der Waals surface area contributed by atoms with Crippen LogP contribution in [-0.2, 0) is 6.54 Å². The molecule has 0 spiro atoms.